The molecule has 29 heavy (non-hydrogen) atoms. The Hall–Kier alpha value is -2.88. The van der Waals surface area contributed by atoms with Crippen LogP contribution < -0.4 is 5.32 Å². The van der Waals surface area contributed by atoms with E-state index in [1.807, 2.05) is 64.1 Å². The van der Waals surface area contributed by atoms with Crippen LogP contribution in [0.1, 0.15) is 51.9 Å². The molecule has 0 aromatic heterocycles. The summed E-state index contributed by atoms with van der Waals surface area (Å²) >= 11 is 0. The van der Waals surface area contributed by atoms with Crippen molar-refractivity contribution < 1.29 is 14.3 Å². The smallest absolute Gasteiger partial charge is 0.314 e. The molecule has 2 aromatic rings. The summed E-state index contributed by atoms with van der Waals surface area (Å²) in [7, 11) is 0. The first-order valence-electron chi connectivity index (χ1n) is 10.2. The van der Waals surface area contributed by atoms with Crippen LogP contribution in [0.2, 0.25) is 0 Å². The van der Waals surface area contributed by atoms with Gasteiger partial charge in [-0.25, -0.2) is 0 Å². The number of rotatable bonds is 6. The van der Waals surface area contributed by atoms with E-state index < -0.39 is 0 Å². The summed E-state index contributed by atoms with van der Waals surface area (Å²) in [5.41, 5.74) is 4.93. The van der Waals surface area contributed by atoms with Gasteiger partial charge in [0.15, 0.2) is 0 Å². The number of allylic oxidation sites excluding steroid dienone is 1. The van der Waals surface area contributed by atoms with Crippen molar-refractivity contribution in [1.29, 1.82) is 0 Å². The van der Waals surface area contributed by atoms with Crippen molar-refractivity contribution in [3.05, 3.63) is 82.4 Å². The lowest BCUT2D eigenvalue weighted by molar-refractivity contribution is -0.146. The first-order valence-corrected chi connectivity index (χ1v) is 10.2. The number of aryl methyl sites for hydroxylation is 3. The van der Waals surface area contributed by atoms with Gasteiger partial charge in [-0.2, -0.15) is 0 Å². The van der Waals surface area contributed by atoms with Gasteiger partial charge in [0.1, 0.15) is 0 Å². The molecule has 1 aliphatic rings. The summed E-state index contributed by atoms with van der Waals surface area (Å²) in [5.74, 6) is -0.690. The normalized spacial score (nSPS) is 19.0. The van der Waals surface area contributed by atoms with Gasteiger partial charge in [-0.15, -0.1) is 0 Å². The van der Waals surface area contributed by atoms with Crippen LogP contribution in [0.3, 0.4) is 0 Å². The predicted molar refractivity (Wildman–Crippen MR) is 115 cm³/mol. The van der Waals surface area contributed by atoms with Crippen molar-refractivity contribution in [2.45, 2.75) is 46.1 Å². The summed E-state index contributed by atoms with van der Waals surface area (Å²) in [6.45, 7) is 8.22. The second-order valence-corrected chi connectivity index (χ2v) is 7.88. The zero-order chi connectivity index (χ0) is 21.0. The zero-order valence-corrected chi connectivity index (χ0v) is 17.6. The Morgan fingerprint density at radius 2 is 1.76 bits per heavy atom. The molecule has 0 aliphatic heterocycles. The minimum atomic E-state index is -0.370. The quantitative estimate of drug-likeness (QED) is 0.577. The average Bonchev–Trinajstić information content (AvgIpc) is 3.09. The standard InChI is InChI=1S/C25H29NO3/c1-5-29-25(28)23(21-13-17(3)11-18(4)14-21)19-9-10-22(15-19)26-24(27)20-8-6-7-16(2)12-20/h6-14,19,22-23H,5,15H2,1-4H3,(H,26,27). The summed E-state index contributed by atoms with van der Waals surface area (Å²) in [4.78, 5) is 25.4. The molecular weight excluding hydrogens is 362 g/mol. The number of amides is 1. The molecule has 0 saturated heterocycles. The summed E-state index contributed by atoms with van der Waals surface area (Å²) in [6, 6.07) is 13.7. The third kappa shape index (κ3) is 5.14. The number of carbonyl (C=O) groups excluding carboxylic acids is 2. The van der Waals surface area contributed by atoms with Gasteiger partial charge in [0, 0.05) is 11.6 Å². The van der Waals surface area contributed by atoms with E-state index in [0.29, 0.717) is 18.6 Å². The maximum absolute atomic E-state index is 12.8. The number of hydrogen-bond donors (Lipinski definition) is 1. The molecule has 2 aromatic carbocycles. The average molecular weight is 392 g/mol. The minimum absolute atomic E-state index is 0.0157. The van der Waals surface area contributed by atoms with E-state index in [-0.39, 0.29) is 29.8 Å². The molecule has 3 rings (SSSR count). The molecule has 3 unspecified atom stereocenters. The number of hydrogen-bond acceptors (Lipinski definition) is 3. The molecule has 0 heterocycles. The number of ether oxygens (including phenoxy) is 1. The molecule has 4 heteroatoms. The van der Waals surface area contributed by atoms with Crippen LogP contribution in [-0.2, 0) is 9.53 Å². The Kier molecular flexibility index (Phi) is 6.53. The Balaban J connectivity index is 1.76. The lowest BCUT2D eigenvalue weighted by atomic mass is 9.84. The molecule has 0 fully saturated rings. The fourth-order valence-electron chi connectivity index (χ4n) is 4.10. The van der Waals surface area contributed by atoms with Crippen molar-refractivity contribution in [2.75, 3.05) is 6.61 Å². The number of benzene rings is 2. The number of carbonyl (C=O) groups is 2. The van der Waals surface area contributed by atoms with Gasteiger partial charge in [-0.1, -0.05) is 59.2 Å². The SMILES string of the molecule is CCOC(=O)C(c1cc(C)cc(C)c1)C1C=CC(NC(=O)c2cccc(C)c2)C1. The van der Waals surface area contributed by atoms with E-state index in [0.717, 1.165) is 22.3 Å². The van der Waals surface area contributed by atoms with E-state index in [9.17, 15) is 9.59 Å². The van der Waals surface area contributed by atoms with E-state index in [1.54, 1.807) is 0 Å². The first kappa shape index (κ1) is 20.8. The first-order chi connectivity index (χ1) is 13.9. The van der Waals surface area contributed by atoms with Crippen LogP contribution in [-0.4, -0.2) is 24.5 Å². The molecule has 4 nitrogen and oxygen atoms in total. The van der Waals surface area contributed by atoms with Gasteiger partial charge in [-0.3, -0.25) is 9.59 Å². The van der Waals surface area contributed by atoms with Crippen LogP contribution in [0.25, 0.3) is 0 Å². The van der Waals surface area contributed by atoms with E-state index >= 15 is 0 Å². The lowest BCUT2D eigenvalue weighted by Gasteiger charge is -2.23. The zero-order valence-electron chi connectivity index (χ0n) is 17.6. The topological polar surface area (TPSA) is 55.4 Å². The molecule has 0 bridgehead atoms. The molecule has 152 valence electrons. The van der Waals surface area contributed by atoms with Crippen LogP contribution in [0.15, 0.2) is 54.6 Å². The number of nitrogens with one attached hydrogen (secondary N) is 1. The minimum Gasteiger partial charge on any atom is -0.466 e. The molecule has 0 saturated carbocycles. The van der Waals surface area contributed by atoms with E-state index in [4.69, 9.17) is 4.74 Å². The molecule has 0 radical (unpaired) electrons. The molecule has 1 amide bonds. The largest absolute Gasteiger partial charge is 0.466 e. The highest BCUT2D eigenvalue weighted by atomic mass is 16.5. The second kappa shape index (κ2) is 9.08. The van der Waals surface area contributed by atoms with Crippen LogP contribution in [0.5, 0.6) is 0 Å². The van der Waals surface area contributed by atoms with Gasteiger partial charge in [0.25, 0.3) is 5.91 Å². The molecule has 3 atom stereocenters. The Morgan fingerprint density at radius 1 is 1.03 bits per heavy atom. The monoisotopic (exact) mass is 391 g/mol. The molecule has 1 N–H and O–H groups in total. The molecule has 0 spiro atoms. The Labute approximate surface area is 173 Å². The Bertz CT molecular complexity index is 911. The maximum Gasteiger partial charge on any atom is 0.314 e. The van der Waals surface area contributed by atoms with Crippen molar-refractivity contribution in [3.8, 4) is 0 Å². The van der Waals surface area contributed by atoms with Crippen molar-refractivity contribution in [2.24, 2.45) is 5.92 Å². The fourth-order valence-corrected chi connectivity index (χ4v) is 4.10. The van der Waals surface area contributed by atoms with Gasteiger partial charge in [-0.05, 0) is 57.7 Å². The van der Waals surface area contributed by atoms with Crippen LogP contribution in [0, 0.1) is 26.7 Å². The summed E-state index contributed by atoms with van der Waals surface area (Å²) < 4.78 is 5.39. The summed E-state index contributed by atoms with van der Waals surface area (Å²) in [6.07, 6.45) is 4.71. The van der Waals surface area contributed by atoms with Gasteiger partial charge >= 0.3 is 5.97 Å². The van der Waals surface area contributed by atoms with Crippen molar-refractivity contribution in [1.82, 2.24) is 5.32 Å². The third-order valence-electron chi connectivity index (χ3n) is 5.29. The summed E-state index contributed by atoms with van der Waals surface area (Å²) in [5, 5.41) is 3.07. The molecular formula is C25H29NO3. The van der Waals surface area contributed by atoms with Gasteiger partial charge < -0.3 is 10.1 Å². The Morgan fingerprint density at radius 3 is 2.41 bits per heavy atom. The second-order valence-electron chi connectivity index (χ2n) is 7.88. The highest BCUT2D eigenvalue weighted by molar-refractivity contribution is 5.94. The fraction of sp³-hybridized carbons (Fsp3) is 0.360. The number of esters is 1. The third-order valence-corrected chi connectivity index (χ3v) is 5.29. The highest BCUT2D eigenvalue weighted by Crippen LogP contribution is 2.35. The lowest BCUT2D eigenvalue weighted by Crippen LogP contribution is -2.34. The molecule has 1 aliphatic carbocycles. The van der Waals surface area contributed by atoms with E-state index in [1.165, 1.54) is 0 Å². The van der Waals surface area contributed by atoms with Crippen molar-refractivity contribution >= 4 is 11.9 Å². The van der Waals surface area contributed by atoms with E-state index in [2.05, 4.69) is 23.5 Å². The maximum atomic E-state index is 12.8. The van der Waals surface area contributed by atoms with Crippen LogP contribution in [0.4, 0.5) is 0 Å². The highest BCUT2D eigenvalue weighted by Gasteiger charge is 2.34. The van der Waals surface area contributed by atoms with Gasteiger partial charge in [0.05, 0.1) is 12.5 Å². The van der Waals surface area contributed by atoms with Crippen molar-refractivity contribution in [3.63, 3.8) is 0 Å². The van der Waals surface area contributed by atoms with Gasteiger partial charge in [0.2, 0.25) is 0 Å². The predicted octanol–water partition coefficient (Wildman–Crippen LogP) is 4.63. The van der Waals surface area contributed by atoms with Crippen LogP contribution >= 0.6 is 0 Å².